The molecule has 0 aliphatic carbocycles. The highest BCUT2D eigenvalue weighted by Gasteiger charge is 2.31. The molecule has 1 saturated heterocycles. The van der Waals surface area contributed by atoms with Crippen molar-refractivity contribution in [3.8, 4) is 0 Å². The summed E-state index contributed by atoms with van der Waals surface area (Å²) in [5.41, 5.74) is 6.36. The molecule has 1 amide bonds. The van der Waals surface area contributed by atoms with Crippen LogP contribution in [-0.4, -0.2) is 37.3 Å². The highest BCUT2D eigenvalue weighted by Crippen LogP contribution is 2.31. The zero-order chi connectivity index (χ0) is 21.2. The molecular formula is C25H25N5O. The minimum absolute atomic E-state index is 0.0238. The molecule has 156 valence electrons. The van der Waals surface area contributed by atoms with Gasteiger partial charge in [0.25, 0.3) is 0 Å². The Morgan fingerprint density at radius 1 is 1.03 bits per heavy atom. The molecular weight excluding hydrogens is 386 g/mol. The number of rotatable bonds is 5. The van der Waals surface area contributed by atoms with Crippen molar-refractivity contribution in [2.75, 3.05) is 6.54 Å². The zero-order valence-electron chi connectivity index (χ0n) is 17.6. The van der Waals surface area contributed by atoms with Crippen LogP contribution in [0, 0.1) is 6.92 Å². The molecule has 3 heterocycles. The van der Waals surface area contributed by atoms with Gasteiger partial charge in [-0.15, -0.1) is 5.10 Å². The van der Waals surface area contributed by atoms with Gasteiger partial charge in [-0.1, -0.05) is 53.2 Å². The number of pyridine rings is 1. The monoisotopic (exact) mass is 411 g/mol. The fourth-order valence-corrected chi connectivity index (χ4v) is 4.31. The van der Waals surface area contributed by atoms with Crippen molar-refractivity contribution in [1.29, 1.82) is 0 Å². The maximum absolute atomic E-state index is 13.1. The molecule has 0 saturated carbocycles. The number of hydrogen-bond acceptors (Lipinski definition) is 4. The Labute approximate surface area is 181 Å². The summed E-state index contributed by atoms with van der Waals surface area (Å²) in [5.74, 6) is 0.0590. The second-order valence-corrected chi connectivity index (χ2v) is 8.23. The van der Waals surface area contributed by atoms with Gasteiger partial charge in [0.15, 0.2) is 0 Å². The number of fused-ring (bicyclic) bond motifs is 1. The van der Waals surface area contributed by atoms with Crippen molar-refractivity contribution in [3.05, 3.63) is 89.2 Å². The van der Waals surface area contributed by atoms with Gasteiger partial charge in [0, 0.05) is 12.7 Å². The summed E-state index contributed by atoms with van der Waals surface area (Å²) in [6.07, 6.45) is 4.73. The van der Waals surface area contributed by atoms with Crippen molar-refractivity contribution in [3.63, 3.8) is 0 Å². The second kappa shape index (κ2) is 8.30. The predicted molar refractivity (Wildman–Crippen MR) is 119 cm³/mol. The highest BCUT2D eigenvalue weighted by molar-refractivity contribution is 5.80. The van der Waals surface area contributed by atoms with Gasteiger partial charge in [-0.25, -0.2) is 4.68 Å². The summed E-state index contributed by atoms with van der Waals surface area (Å²) in [6.45, 7) is 3.05. The molecule has 1 atom stereocenters. The van der Waals surface area contributed by atoms with Crippen LogP contribution >= 0.6 is 0 Å². The van der Waals surface area contributed by atoms with Gasteiger partial charge in [0.1, 0.15) is 12.1 Å². The summed E-state index contributed by atoms with van der Waals surface area (Å²) in [7, 11) is 0. The molecule has 0 radical (unpaired) electrons. The molecule has 1 fully saturated rings. The van der Waals surface area contributed by atoms with Crippen LogP contribution in [0.3, 0.4) is 0 Å². The molecule has 0 N–H and O–H groups in total. The van der Waals surface area contributed by atoms with Crippen molar-refractivity contribution in [2.45, 2.75) is 38.8 Å². The summed E-state index contributed by atoms with van der Waals surface area (Å²) in [5, 5.41) is 8.32. The molecule has 0 unspecified atom stereocenters. The Morgan fingerprint density at radius 2 is 1.84 bits per heavy atom. The first kappa shape index (κ1) is 19.4. The second-order valence-electron chi connectivity index (χ2n) is 8.23. The van der Waals surface area contributed by atoms with Crippen LogP contribution in [0.4, 0.5) is 0 Å². The van der Waals surface area contributed by atoms with Crippen molar-refractivity contribution in [2.24, 2.45) is 0 Å². The maximum atomic E-state index is 13.1. The number of hydrogen-bond donors (Lipinski definition) is 0. The van der Waals surface area contributed by atoms with Gasteiger partial charge in [-0.3, -0.25) is 9.78 Å². The fourth-order valence-electron chi connectivity index (χ4n) is 4.31. The van der Waals surface area contributed by atoms with Crippen molar-refractivity contribution >= 4 is 16.9 Å². The summed E-state index contributed by atoms with van der Waals surface area (Å²) < 4.78 is 1.69. The molecule has 1 aliphatic heterocycles. The lowest BCUT2D eigenvalue weighted by Crippen LogP contribution is -2.34. The number of aryl methyl sites for hydroxylation is 1. The number of aromatic nitrogens is 4. The molecule has 6 heteroatoms. The van der Waals surface area contributed by atoms with Gasteiger partial charge in [0.05, 0.1) is 17.3 Å². The average Bonchev–Trinajstić information content (AvgIpc) is 3.44. The Hall–Kier alpha value is -3.54. The van der Waals surface area contributed by atoms with E-state index in [0.717, 1.165) is 42.5 Å². The van der Waals surface area contributed by atoms with Gasteiger partial charge in [0.2, 0.25) is 5.91 Å². The van der Waals surface area contributed by atoms with Crippen LogP contribution in [-0.2, 0) is 17.8 Å². The van der Waals surface area contributed by atoms with E-state index in [1.165, 1.54) is 16.7 Å². The largest absolute Gasteiger partial charge is 0.332 e. The first-order chi connectivity index (χ1) is 15.2. The van der Waals surface area contributed by atoms with Crippen LogP contribution in [0.1, 0.15) is 41.3 Å². The zero-order valence-corrected chi connectivity index (χ0v) is 17.6. The normalized spacial score (nSPS) is 16.2. The van der Waals surface area contributed by atoms with Crippen molar-refractivity contribution < 1.29 is 4.79 Å². The van der Waals surface area contributed by atoms with Gasteiger partial charge in [-0.05, 0) is 55.5 Å². The first-order valence-electron chi connectivity index (χ1n) is 10.8. The minimum atomic E-state index is 0.0238. The van der Waals surface area contributed by atoms with E-state index in [1.807, 2.05) is 35.4 Å². The Bertz CT molecular complexity index is 1200. The van der Waals surface area contributed by atoms with Gasteiger partial charge < -0.3 is 4.90 Å². The van der Waals surface area contributed by atoms with E-state index in [4.69, 9.17) is 4.98 Å². The number of likely N-dealkylation sites (tertiary alicyclic amines) is 1. The predicted octanol–water partition coefficient (Wildman–Crippen LogP) is 4.09. The lowest BCUT2D eigenvalue weighted by atomic mass is 10.0. The number of amides is 1. The van der Waals surface area contributed by atoms with E-state index < -0.39 is 0 Å². The third kappa shape index (κ3) is 4.06. The number of carbonyl (C=O) groups is 1. The molecule has 6 nitrogen and oxygen atoms in total. The molecule has 31 heavy (non-hydrogen) atoms. The summed E-state index contributed by atoms with van der Waals surface area (Å²) >= 11 is 0. The van der Waals surface area contributed by atoms with Crippen LogP contribution in [0.15, 0.2) is 66.9 Å². The Morgan fingerprint density at radius 3 is 2.65 bits per heavy atom. The van der Waals surface area contributed by atoms with E-state index >= 15 is 0 Å². The molecule has 0 spiro atoms. The van der Waals surface area contributed by atoms with E-state index in [9.17, 15) is 4.79 Å². The molecule has 1 aliphatic rings. The van der Waals surface area contributed by atoms with E-state index in [2.05, 4.69) is 53.6 Å². The van der Waals surface area contributed by atoms with Crippen LogP contribution in [0.2, 0.25) is 0 Å². The van der Waals surface area contributed by atoms with Crippen LogP contribution < -0.4 is 0 Å². The Balaban J connectivity index is 1.29. The first-order valence-corrected chi connectivity index (χ1v) is 10.8. The third-order valence-corrected chi connectivity index (χ3v) is 6.00. The third-order valence-electron chi connectivity index (χ3n) is 6.00. The van der Waals surface area contributed by atoms with Crippen LogP contribution in [0.5, 0.6) is 0 Å². The average molecular weight is 412 g/mol. The topological polar surface area (TPSA) is 63.9 Å². The van der Waals surface area contributed by atoms with E-state index in [-0.39, 0.29) is 18.5 Å². The lowest BCUT2D eigenvalue weighted by molar-refractivity contribution is -0.133. The molecule has 0 bridgehead atoms. The molecule has 2 aromatic carbocycles. The SMILES string of the molecule is Cc1ccc(Cc2ccc([C@H]3CCCN3C(=O)Cn3nnc4ccccc43)nc2)cc1. The standard InChI is InChI=1S/C25H25N5O/c1-18-8-10-19(11-9-18)15-20-12-13-21(26-16-20)23-7-4-14-29(23)25(31)17-30-24-6-3-2-5-22(24)27-28-30/h2-3,5-6,8-13,16,23H,4,7,14-15,17H2,1H3/t23-/m1/s1. The lowest BCUT2D eigenvalue weighted by Gasteiger charge is -2.24. The fraction of sp³-hybridized carbons (Fsp3) is 0.280. The molecule has 2 aromatic heterocycles. The smallest absolute Gasteiger partial charge is 0.244 e. The summed E-state index contributed by atoms with van der Waals surface area (Å²) in [4.78, 5) is 19.8. The van der Waals surface area contributed by atoms with E-state index in [1.54, 1.807) is 4.68 Å². The summed E-state index contributed by atoms with van der Waals surface area (Å²) in [6, 6.07) is 20.5. The Kier molecular flexibility index (Phi) is 5.20. The number of benzene rings is 2. The highest BCUT2D eigenvalue weighted by atomic mass is 16.2. The molecule has 5 rings (SSSR count). The minimum Gasteiger partial charge on any atom is -0.332 e. The quantitative estimate of drug-likeness (QED) is 0.496. The number of nitrogens with zero attached hydrogens (tertiary/aromatic N) is 5. The van der Waals surface area contributed by atoms with Crippen molar-refractivity contribution in [1.82, 2.24) is 24.9 Å². The van der Waals surface area contributed by atoms with Crippen LogP contribution in [0.25, 0.3) is 11.0 Å². The maximum Gasteiger partial charge on any atom is 0.244 e. The number of carbonyl (C=O) groups excluding carboxylic acids is 1. The number of para-hydroxylation sites is 1. The molecule has 4 aromatic rings. The van der Waals surface area contributed by atoms with Gasteiger partial charge >= 0.3 is 0 Å². The van der Waals surface area contributed by atoms with Gasteiger partial charge in [-0.2, -0.15) is 0 Å². The van der Waals surface area contributed by atoms with E-state index in [0.29, 0.717) is 0 Å².